The lowest BCUT2D eigenvalue weighted by Gasteiger charge is -2.10. The molecule has 0 saturated carbocycles. The maximum Gasteiger partial charge on any atom is 0.142 e. The van der Waals surface area contributed by atoms with Gasteiger partial charge in [0, 0.05) is 13.1 Å². The van der Waals surface area contributed by atoms with E-state index in [9.17, 15) is 0 Å². The number of aromatic nitrogens is 2. The van der Waals surface area contributed by atoms with Gasteiger partial charge in [0.15, 0.2) is 0 Å². The highest BCUT2D eigenvalue weighted by Crippen LogP contribution is 2.11. The van der Waals surface area contributed by atoms with Crippen LogP contribution in [0.5, 0.6) is 0 Å². The maximum absolute atomic E-state index is 5.56. The van der Waals surface area contributed by atoms with Crippen LogP contribution in [0.25, 0.3) is 0 Å². The third-order valence-corrected chi connectivity index (χ3v) is 1.54. The van der Waals surface area contributed by atoms with Gasteiger partial charge >= 0.3 is 0 Å². The molecule has 0 aliphatic heterocycles. The normalized spacial score (nSPS) is 10.6. The summed E-state index contributed by atoms with van der Waals surface area (Å²) in [6.07, 6.45) is 1.69. The molecule has 0 atom stereocenters. The van der Waals surface area contributed by atoms with E-state index in [0.29, 0.717) is 5.82 Å². The van der Waals surface area contributed by atoms with Crippen LogP contribution in [-0.4, -0.2) is 42.3 Å². The van der Waals surface area contributed by atoms with E-state index in [4.69, 9.17) is 5.73 Å². The van der Waals surface area contributed by atoms with Gasteiger partial charge in [0.2, 0.25) is 0 Å². The number of aromatic amines is 1. The number of nitrogens with one attached hydrogen (secondary N) is 2. The minimum atomic E-state index is 0.591. The summed E-state index contributed by atoms with van der Waals surface area (Å²) < 4.78 is 0. The lowest BCUT2D eigenvalue weighted by molar-refractivity contribution is 0.425. The molecule has 5 nitrogen and oxygen atoms in total. The van der Waals surface area contributed by atoms with Crippen LogP contribution in [0.3, 0.4) is 0 Å². The highest BCUT2D eigenvalue weighted by atomic mass is 15.2. The molecule has 12 heavy (non-hydrogen) atoms. The van der Waals surface area contributed by atoms with Gasteiger partial charge in [0.05, 0.1) is 11.9 Å². The SMILES string of the molecule is CN(C)CCNc1cn[nH]c1N. The number of nitrogen functional groups attached to an aromatic ring is 1. The zero-order valence-corrected chi connectivity index (χ0v) is 7.46. The number of nitrogens with two attached hydrogens (primary N) is 1. The molecule has 0 amide bonds. The van der Waals surface area contributed by atoms with E-state index in [2.05, 4.69) is 20.4 Å². The highest BCUT2D eigenvalue weighted by molar-refractivity contribution is 5.59. The van der Waals surface area contributed by atoms with E-state index in [-0.39, 0.29) is 0 Å². The van der Waals surface area contributed by atoms with Crippen LogP contribution in [0.15, 0.2) is 6.20 Å². The van der Waals surface area contributed by atoms with Crippen LogP contribution in [0.1, 0.15) is 0 Å². The fourth-order valence-corrected chi connectivity index (χ4v) is 0.851. The molecule has 0 fully saturated rings. The smallest absolute Gasteiger partial charge is 0.142 e. The van der Waals surface area contributed by atoms with Crippen molar-refractivity contribution in [3.8, 4) is 0 Å². The molecule has 1 aromatic heterocycles. The molecule has 0 aliphatic carbocycles. The average molecular weight is 169 g/mol. The first-order chi connectivity index (χ1) is 5.70. The van der Waals surface area contributed by atoms with E-state index in [1.54, 1.807) is 6.20 Å². The molecule has 1 heterocycles. The zero-order chi connectivity index (χ0) is 8.97. The van der Waals surface area contributed by atoms with Gasteiger partial charge in [-0.05, 0) is 14.1 Å². The summed E-state index contributed by atoms with van der Waals surface area (Å²) in [4.78, 5) is 2.10. The third kappa shape index (κ3) is 2.43. The standard InChI is InChI=1S/C7H15N5/c1-12(2)4-3-9-6-5-10-11-7(6)8/h5,9H,3-4H2,1-2H3,(H3,8,10,11). The Bertz CT molecular complexity index is 229. The van der Waals surface area contributed by atoms with Crippen LogP contribution in [-0.2, 0) is 0 Å². The molecule has 0 spiro atoms. The molecule has 4 N–H and O–H groups in total. The van der Waals surface area contributed by atoms with Gasteiger partial charge in [0.1, 0.15) is 5.82 Å². The molecule has 0 saturated heterocycles. The number of anilines is 2. The lowest BCUT2D eigenvalue weighted by atomic mass is 10.5. The predicted octanol–water partition coefficient (Wildman–Crippen LogP) is -0.0346. The predicted molar refractivity (Wildman–Crippen MR) is 50.0 cm³/mol. The summed E-state index contributed by atoms with van der Waals surface area (Å²) in [5, 5.41) is 9.62. The fraction of sp³-hybridized carbons (Fsp3) is 0.571. The fourth-order valence-electron chi connectivity index (χ4n) is 0.851. The lowest BCUT2D eigenvalue weighted by Crippen LogP contribution is -2.20. The molecule has 1 rings (SSSR count). The zero-order valence-electron chi connectivity index (χ0n) is 7.46. The second-order valence-corrected chi connectivity index (χ2v) is 2.93. The van der Waals surface area contributed by atoms with Gasteiger partial charge in [-0.2, -0.15) is 5.10 Å². The van der Waals surface area contributed by atoms with Gasteiger partial charge in [-0.15, -0.1) is 0 Å². The Morgan fingerprint density at radius 2 is 2.42 bits per heavy atom. The van der Waals surface area contributed by atoms with Crippen molar-refractivity contribution in [2.24, 2.45) is 0 Å². The van der Waals surface area contributed by atoms with Crippen molar-refractivity contribution in [3.63, 3.8) is 0 Å². The van der Waals surface area contributed by atoms with Gasteiger partial charge in [0.25, 0.3) is 0 Å². The summed E-state index contributed by atoms with van der Waals surface area (Å²) in [7, 11) is 4.06. The summed E-state index contributed by atoms with van der Waals surface area (Å²) in [6.45, 7) is 1.85. The summed E-state index contributed by atoms with van der Waals surface area (Å²) >= 11 is 0. The molecule has 0 aliphatic rings. The van der Waals surface area contributed by atoms with Crippen LogP contribution in [0, 0.1) is 0 Å². The number of likely N-dealkylation sites (N-methyl/N-ethyl adjacent to an activating group) is 1. The van der Waals surface area contributed by atoms with Gasteiger partial charge in [-0.25, -0.2) is 0 Å². The Hall–Kier alpha value is -1.23. The van der Waals surface area contributed by atoms with Crippen LogP contribution in [0.2, 0.25) is 0 Å². The second kappa shape index (κ2) is 3.96. The topological polar surface area (TPSA) is 70.0 Å². The largest absolute Gasteiger partial charge is 0.382 e. The Morgan fingerprint density at radius 1 is 1.67 bits per heavy atom. The van der Waals surface area contributed by atoms with Crippen molar-refractivity contribution in [1.29, 1.82) is 0 Å². The first-order valence-electron chi connectivity index (χ1n) is 3.87. The number of hydrogen-bond acceptors (Lipinski definition) is 4. The molecule has 5 heteroatoms. The minimum absolute atomic E-state index is 0.591. The maximum atomic E-state index is 5.56. The van der Waals surface area contributed by atoms with E-state index in [1.807, 2.05) is 14.1 Å². The van der Waals surface area contributed by atoms with E-state index >= 15 is 0 Å². The monoisotopic (exact) mass is 169 g/mol. The number of rotatable bonds is 4. The van der Waals surface area contributed by atoms with E-state index in [0.717, 1.165) is 18.8 Å². The summed E-state index contributed by atoms with van der Waals surface area (Å²) in [6, 6.07) is 0. The second-order valence-electron chi connectivity index (χ2n) is 2.93. The number of hydrogen-bond donors (Lipinski definition) is 3. The van der Waals surface area contributed by atoms with Crippen LogP contribution < -0.4 is 11.1 Å². The van der Waals surface area contributed by atoms with E-state index < -0.39 is 0 Å². The molecule has 1 aromatic rings. The summed E-state index contributed by atoms with van der Waals surface area (Å²) in [5.74, 6) is 0.591. The van der Waals surface area contributed by atoms with Crippen molar-refractivity contribution < 1.29 is 0 Å². The molecular formula is C7H15N5. The summed E-state index contributed by atoms with van der Waals surface area (Å²) in [5.41, 5.74) is 6.44. The molecule has 0 bridgehead atoms. The third-order valence-electron chi connectivity index (χ3n) is 1.54. The van der Waals surface area contributed by atoms with Crippen molar-refractivity contribution in [2.75, 3.05) is 38.2 Å². The Kier molecular flexibility index (Phi) is 2.93. The molecule has 0 unspecified atom stereocenters. The molecule has 0 aromatic carbocycles. The molecule has 68 valence electrons. The molecule has 0 radical (unpaired) electrons. The first-order valence-corrected chi connectivity index (χ1v) is 3.87. The highest BCUT2D eigenvalue weighted by Gasteiger charge is 1.98. The van der Waals surface area contributed by atoms with Gasteiger partial charge in [-0.1, -0.05) is 0 Å². The van der Waals surface area contributed by atoms with Gasteiger partial charge < -0.3 is 16.0 Å². The van der Waals surface area contributed by atoms with E-state index in [1.165, 1.54) is 0 Å². The number of H-pyrrole nitrogens is 1. The molecular weight excluding hydrogens is 154 g/mol. The van der Waals surface area contributed by atoms with Crippen molar-refractivity contribution in [2.45, 2.75) is 0 Å². The Balaban J connectivity index is 2.29. The quantitative estimate of drug-likeness (QED) is 0.591. The Labute approximate surface area is 71.9 Å². The van der Waals surface area contributed by atoms with Crippen molar-refractivity contribution >= 4 is 11.5 Å². The van der Waals surface area contributed by atoms with Crippen molar-refractivity contribution in [1.82, 2.24) is 15.1 Å². The minimum Gasteiger partial charge on any atom is -0.382 e. The Morgan fingerprint density at radius 3 is 2.92 bits per heavy atom. The number of nitrogens with zero attached hydrogens (tertiary/aromatic N) is 2. The van der Waals surface area contributed by atoms with Gasteiger partial charge in [-0.3, -0.25) is 5.10 Å². The van der Waals surface area contributed by atoms with Crippen molar-refractivity contribution in [3.05, 3.63) is 6.20 Å². The average Bonchev–Trinajstić information content (AvgIpc) is 2.36. The van der Waals surface area contributed by atoms with Crippen LogP contribution >= 0.6 is 0 Å². The van der Waals surface area contributed by atoms with Crippen LogP contribution in [0.4, 0.5) is 11.5 Å². The first kappa shape index (κ1) is 8.86.